The predicted molar refractivity (Wildman–Crippen MR) is 81.4 cm³/mol. The van der Waals surface area contributed by atoms with Gasteiger partial charge in [-0.3, -0.25) is 4.79 Å². The number of carboxylic acids is 1. The summed E-state index contributed by atoms with van der Waals surface area (Å²) in [6.45, 7) is 0. The van der Waals surface area contributed by atoms with Crippen molar-refractivity contribution in [2.75, 3.05) is 0 Å². The molecule has 0 spiro atoms. The van der Waals surface area contributed by atoms with Gasteiger partial charge in [-0.25, -0.2) is 4.39 Å². The van der Waals surface area contributed by atoms with Crippen molar-refractivity contribution in [2.24, 2.45) is 0 Å². The van der Waals surface area contributed by atoms with E-state index < -0.39 is 5.97 Å². The lowest BCUT2D eigenvalue weighted by Crippen LogP contribution is -1.99. The van der Waals surface area contributed by atoms with Crippen molar-refractivity contribution in [2.45, 2.75) is 17.1 Å². The lowest BCUT2D eigenvalue weighted by Gasteiger charge is -2.05. The van der Waals surface area contributed by atoms with E-state index in [0.717, 1.165) is 20.5 Å². The molecule has 0 heterocycles. The van der Waals surface area contributed by atoms with Crippen molar-refractivity contribution in [1.29, 1.82) is 0 Å². The predicted octanol–water partition coefficient (Wildman–Crippen LogP) is 4.51. The Kier molecular flexibility index (Phi) is 5.20. The van der Waals surface area contributed by atoms with E-state index in [0.29, 0.717) is 5.75 Å². The normalized spacial score (nSPS) is 10.5. The van der Waals surface area contributed by atoms with Crippen LogP contribution in [0.1, 0.15) is 11.1 Å². The maximum Gasteiger partial charge on any atom is 0.307 e. The van der Waals surface area contributed by atoms with Gasteiger partial charge in [-0.15, -0.1) is 11.8 Å². The maximum atomic E-state index is 13.2. The molecule has 104 valence electrons. The Labute approximate surface area is 129 Å². The van der Waals surface area contributed by atoms with E-state index in [-0.39, 0.29) is 12.2 Å². The number of thioether (sulfide) groups is 1. The molecule has 2 rings (SSSR count). The van der Waals surface area contributed by atoms with Crippen molar-refractivity contribution in [1.82, 2.24) is 0 Å². The molecular weight excluding hydrogens is 343 g/mol. The third-order valence-electron chi connectivity index (χ3n) is 2.68. The van der Waals surface area contributed by atoms with E-state index in [9.17, 15) is 9.18 Å². The molecule has 0 fully saturated rings. The van der Waals surface area contributed by atoms with Crippen LogP contribution in [0.2, 0.25) is 0 Å². The van der Waals surface area contributed by atoms with Gasteiger partial charge in [-0.05, 0) is 41.5 Å². The molecule has 0 aliphatic rings. The molecule has 0 atom stereocenters. The van der Waals surface area contributed by atoms with Gasteiger partial charge in [0.2, 0.25) is 0 Å². The second-order valence-corrected chi connectivity index (χ2v) is 6.14. The third kappa shape index (κ3) is 4.35. The van der Waals surface area contributed by atoms with Gasteiger partial charge in [0.05, 0.1) is 6.42 Å². The van der Waals surface area contributed by atoms with Crippen molar-refractivity contribution in [3.05, 3.63) is 63.9 Å². The lowest BCUT2D eigenvalue weighted by molar-refractivity contribution is -0.136. The zero-order valence-electron chi connectivity index (χ0n) is 10.5. The molecule has 0 saturated carbocycles. The highest BCUT2D eigenvalue weighted by Crippen LogP contribution is 2.27. The van der Waals surface area contributed by atoms with Gasteiger partial charge in [0, 0.05) is 15.1 Å². The van der Waals surface area contributed by atoms with Crippen LogP contribution >= 0.6 is 27.7 Å². The zero-order valence-corrected chi connectivity index (χ0v) is 12.9. The van der Waals surface area contributed by atoms with Gasteiger partial charge in [0.15, 0.2) is 0 Å². The van der Waals surface area contributed by atoms with Crippen LogP contribution < -0.4 is 0 Å². The average molecular weight is 355 g/mol. The van der Waals surface area contributed by atoms with Crippen molar-refractivity contribution in [3.63, 3.8) is 0 Å². The molecule has 20 heavy (non-hydrogen) atoms. The first-order valence-corrected chi connectivity index (χ1v) is 7.70. The van der Waals surface area contributed by atoms with E-state index in [1.807, 2.05) is 12.1 Å². The van der Waals surface area contributed by atoms with Gasteiger partial charge in [-0.1, -0.05) is 28.1 Å². The van der Waals surface area contributed by atoms with Crippen molar-refractivity contribution >= 4 is 33.7 Å². The molecule has 5 heteroatoms. The molecular formula is C15H12BrFO2S. The Morgan fingerprint density at radius 3 is 2.55 bits per heavy atom. The number of hydrogen-bond donors (Lipinski definition) is 1. The third-order valence-corrected chi connectivity index (χ3v) is 4.52. The van der Waals surface area contributed by atoms with E-state index in [4.69, 9.17) is 5.11 Å². The molecule has 0 unspecified atom stereocenters. The van der Waals surface area contributed by atoms with Gasteiger partial charge < -0.3 is 5.11 Å². The van der Waals surface area contributed by atoms with Crippen LogP contribution in [0, 0.1) is 5.82 Å². The van der Waals surface area contributed by atoms with Crippen LogP contribution in [0.25, 0.3) is 0 Å². The summed E-state index contributed by atoms with van der Waals surface area (Å²) < 4.78 is 14.0. The van der Waals surface area contributed by atoms with Crippen LogP contribution in [-0.4, -0.2) is 11.1 Å². The summed E-state index contributed by atoms with van der Waals surface area (Å²) in [6.07, 6.45) is 0.0282. The molecule has 0 bridgehead atoms. The van der Waals surface area contributed by atoms with Gasteiger partial charge >= 0.3 is 5.97 Å². The number of rotatable bonds is 5. The Bertz CT molecular complexity index is 614. The van der Waals surface area contributed by atoms with Crippen LogP contribution in [0.15, 0.2) is 51.8 Å². The van der Waals surface area contributed by atoms with Crippen molar-refractivity contribution < 1.29 is 14.3 Å². The number of carbonyl (C=O) groups is 1. The number of halogens is 2. The van der Waals surface area contributed by atoms with E-state index in [1.165, 1.54) is 12.1 Å². The molecule has 0 aromatic heterocycles. The number of carboxylic acid groups (broad SMARTS) is 1. The van der Waals surface area contributed by atoms with Crippen LogP contribution in [0.5, 0.6) is 0 Å². The lowest BCUT2D eigenvalue weighted by atomic mass is 10.2. The minimum Gasteiger partial charge on any atom is -0.481 e. The van der Waals surface area contributed by atoms with Gasteiger partial charge in [0.1, 0.15) is 5.82 Å². The van der Waals surface area contributed by atoms with E-state index in [2.05, 4.69) is 15.9 Å². The summed E-state index contributed by atoms with van der Waals surface area (Å²) in [6, 6.07) is 12.0. The quantitative estimate of drug-likeness (QED) is 0.802. The minimum atomic E-state index is -0.839. The summed E-state index contributed by atoms with van der Waals surface area (Å²) >= 11 is 4.98. The van der Waals surface area contributed by atoms with E-state index in [1.54, 1.807) is 30.0 Å². The Morgan fingerprint density at radius 2 is 1.90 bits per heavy atom. The summed E-state index contributed by atoms with van der Waals surface area (Å²) in [5, 5.41) is 8.70. The first-order valence-electron chi connectivity index (χ1n) is 5.92. The van der Waals surface area contributed by atoms with E-state index >= 15 is 0 Å². The standard InChI is InChI=1S/C15H12BrFO2S/c16-14-6-3-12(17)8-11(14)9-20-13-4-1-10(2-5-13)7-15(18)19/h1-6,8H,7,9H2,(H,18,19). The molecule has 2 aromatic rings. The van der Waals surface area contributed by atoms with Crippen LogP contribution in [0.3, 0.4) is 0 Å². The Hall–Kier alpha value is -1.33. The van der Waals surface area contributed by atoms with Gasteiger partial charge in [0.25, 0.3) is 0 Å². The Morgan fingerprint density at radius 1 is 1.20 bits per heavy atom. The number of aliphatic carboxylic acids is 1. The molecule has 2 aromatic carbocycles. The van der Waals surface area contributed by atoms with Gasteiger partial charge in [-0.2, -0.15) is 0 Å². The maximum absolute atomic E-state index is 13.2. The fraction of sp³-hybridized carbons (Fsp3) is 0.133. The SMILES string of the molecule is O=C(O)Cc1ccc(SCc2cc(F)ccc2Br)cc1. The molecule has 0 radical (unpaired) electrons. The fourth-order valence-corrected chi connectivity index (χ4v) is 3.16. The van der Waals surface area contributed by atoms with Crippen molar-refractivity contribution in [3.8, 4) is 0 Å². The highest BCUT2D eigenvalue weighted by Gasteiger charge is 2.04. The molecule has 1 N–H and O–H groups in total. The van der Waals surface area contributed by atoms with Crippen LogP contribution in [-0.2, 0) is 17.0 Å². The molecule has 0 aliphatic carbocycles. The Balaban J connectivity index is 2.00. The molecule has 0 amide bonds. The zero-order chi connectivity index (χ0) is 14.5. The van der Waals surface area contributed by atoms with Crippen LogP contribution in [0.4, 0.5) is 4.39 Å². The molecule has 2 nitrogen and oxygen atoms in total. The summed E-state index contributed by atoms with van der Waals surface area (Å²) in [4.78, 5) is 11.6. The average Bonchev–Trinajstić information content (AvgIpc) is 2.41. The first-order chi connectivity index (χ1) is 9.54. The summed E-state index contributed by atoms with van der Waals surface area (Å²) in [5.74, 6) is -0.439. The smallest absolute Gasteiger partial charge is 0.307 e. The minimum absolute atomic E-state index is 0.0282. The second-order valence-electron chi connectivity index (χ2n) is 4.24. The summed E-state index contributed by atoms with van der Waals surface area (Å²) in [7, 11) is 0. The fourth-order valence-electron chi connectivity index (χ4n) is 1.69. The highest BCUT2D eigenvalue weighted by molar-refractivity contribution is 9.10. The summed E-state index contributed by atoms with van der Waals surface area (Å²) in [5.41, 5.74) is 1.67. The number of benzene rings is 2. The molecule has 0 saturated heterocycles. The topological polar surface area (TPSA) is 37.3 Å². The monoisotopic (exact) mass is 354 g/mol. The second kappa shape index (κ2) is 6.90. The highest BCUT2D eigenvalue weighted by atomic mass is 79.9. The largest absolute Gasteiger partial charge is 0.481 e. The number of hydrogen-bond acceptors (Lipinski definition) is 2. The first kappa shape index (κ1) is 15.1. The molecule has 0 aliphatic heterocycles.